The average molecular weight is 231 g/mol. The molecule has 0 amide bonds. The Bertz CT molecular complexity index is 376. The normalized spacial score (nSPS) is 37.5. The summed E-state index contributed by atoms with van der Waals surface area (Å²) in [6, 6.07) is 10.8. The lowest BCUT2D eigenvalue weighted by molar-refractivity contribution is -0.0780. The quantitative estimate of drug-likeness (QED) is 0.778. The molecular formula is C15H21NO. The van der Waals surface area contributed by atoms with Gasteiger partial charge in [0.25, 0.3) is 0 Å². The van der Waals surface area contributed by atoms with Gasteiger partial charge in [0.2, 0.25) is 0 Å². The Hall–Kier alpha value is -0.860. The van der Waals surface area contributed by atoms with E-state index < -0.39 is 5.60 Å². The second-order valence-corrected chi connectivity index (χ2v) is 5.49. The van der Waals surface area contributed by atoms with E-state index in [-0.39, 0.29) is 0 Å². The molecule has 1 aromatic rings. The van der Waals surface area contributed by atoms with Crippen LogP contribution >= 0.6 is 0 Å². The van der Waals surface area contributed by atoms with Crippen LogP contribution < -0.4 is 5.32 Å². The Morgan fingerprint density at radius 1 is 1.12 bits per heavy atom. The molecule has 3 rings (SSSR count). The van der Waals surface area contributed by atoms with Crippen molar-refractivity contribution in [1.82, 2.24) is 5.32 Å². The lowest BCUT2D eigenvalue weighted by Crippen LogP contribution is -2.55. The topological polar surface area (TPSA) is 32.3 Å². The Balaban J connectivity index is 1.94. The number of fused-ring (bicyclic) bond motifs is 1. The van der Waals surface area contributed by atoms with Gasteiger partial charge in [-0.25, -0.2) is 0 Å². The fourth-order valence-corrected chi connectivity index (χ4v) is 3.67. The fraction of sp³-hybridized carbons (Fsp3) is 0.600. The molecular weight excluding hydrogens is 210 g/mol. The van der Waals surface area contributed by atoms with E-state index >= 15 is 0 Å². The highest BCUT2D eigenvalue weighted by molar-refractivity contribution is 5.25. The van der Waals surface area contributed by atoms with E-state index in [1.807, 2.05) is 18.2 Å². The molecule has 0 aromatic heterocycles. The van der Waals surface area contributed by atoms with Crippen LogP contribution in [0, 0.1) is 5.92 Å². The Labute approximate surface area is 103 Å². The van der Waals surface area contributed by atoms with Crippen LogP contribution in [-0.4, -0.2) is 17.7 Å². The molecule has 0 unspecified atom stereocenters. The van der Waals surface area contributed by atoms with Gasteiger partial charge in [0.15, 0.2) is 0 Å². The number of hydrogen-bond acceptors (Lipinski definition) is 2. The molecule has 1 heterocycles. The number of benzene rings is 1. The fourth-order valence-electron chi connectivity index (χ4n) is 3.67. The van der Waals surface area contributed by atoms with Crippen LogP contribution in [0.2, 0.25) is 0 Å². The number of aliphatic hydroxyl groups is 1. The van der Waals surface area contributed by atoms with Gasteiger partial charge >= 0.3 is 0 Å². The second-order valence-electron chi connectivity index (χ2n) is 5.49. The van der Waals surface area contributed by atoms with Crippen molar-refractivity contribution in [3.8, 4) is 0 Å². The number of rotatable bonds is 1. The van der Waals surface area contributed by atoms with E-state index in [2.05, 4.69) is 17.4 Å². The van der Waals surface area contributed by atoms with Crippen LogP contribution in [0.1, 0.15) is 37.7 Å². The summed E-state index contributed by atoms with van der Waals surface area (Å²) < 4.78 is 0. The molecule has 0 bridgehead atoms. The molecule has 2 N–H and O–H groups in total. The number of nitrogens with one attached hydrogen (secondary N) is 1. The van der Waals surface area contributed by atoms with E-state index in [1.54, 1.807) is 0 Å². The summed E-state index contributed by atoms with van der Waals surface area (Å²) in [5.41, 5.74) is 0.510. The monoisotopic (exact) mass is 231 g/mol. The standard InChI is InChI=1S/C15H21NO/c17-15(12-6-2-1-3-7-12)10-11-16-14-9-5-4-8-13(14)15/h1-3,6-7,13-14,16-17H,4-5,8-11H2/t13-,14+,15+/m0/s1. The summed E-state index contributed by atoms with van der Waals surface area (Å²) >= 11 is 0. The van der Waals surface area contributed by atoms with Gasteiger partial charge in [0.1, 0.15) is 0 Å². The van der Waals surface area contributed by atoms with Crippen molar-refractivity contribution in [2.45, 2.75) is 43.7 Å². The lowest BCUT2D eigenvalue weighted by Gasteiger charge is -2.48. The summed E-state index contributed by atoms with van der Waals surface area (Å²) in [7, 11) is 0. The van der Waals surface area contributed by atoms with E-state index in [9.17, 15) is 5.11 Å². The molecule has 17 heavy (non-hydrogen) atoms. The number of hydrogen-bond donors (Lipinski definition) is 2. The van der Waals surface area contributed by atoms with Gasteiger partial charge in [-0.2, -0.15) is 0 Å². The predicted octanol–water partition coefficient (Wildman–Crippen LogP) is 2.43. The highest BCUT2D eigenvalue weighted by atomic mass is 16.3. The van der Waals surface area contributed by atoms with Crippen LogP contribution in [0.5, 0.6) is 0 Å². The molecule has 2 heteroatoms. The molecule has 3 atom stereocenters. The maximum Gasteiger partial charge on any atom is 0.0951 e. The van der Waals surface area contributed by atoms with Gasteiger partial charge in [-0.05, 0) is 31.4 Å². The summed E-state index contributed by atoms with van der Waals surface area (Å²) in [4.78, 5) is 0. The van der Waals surface area contributed by atoms with E-state index in [0.717, 1.165) is 24.9 Å². The molecule has 0 radical (unpaired) electrons. The second kappa shape index (κ2) is 4.43. The van der Waals surface area contributed by atoms with Crippen molar-refractivity contribution in [1.29, 1.82) is 0 Å². The van der Waals surface area contributed by atoms with Gasteiger partial charge in [0.05, 0.1) is 5.60 Å². The largest absolute Gasteiger partial charge is 0.385 e. The van der Waals surface area contributed by atoms with E-state index in [0.29, 0.717) is 12.0 Å². The molecule has 1 aliphatic heterocycles. The zero-order valence-corrected chi connectivity index (χ0v) is 10.2. The van der Waals surface area contributed by atoms with Crippen molar-refractivity contribution in [3.05, 3.63) is 35.9 Å². The van der Waals surface area contributed by atoms with Gasteiger partial charge in [-0.3, -0.25) is 0 Å². The van der Waals surface area contributed by atoms with Gasteiger partial charge in [0, 0.05) is 12.0 Å². The van der Waals surface area contributed by atoms with E-state index in [4.69, 9.17) is 0 Å². The Morgan fingerprint density at radius 3 is 2.71 bits per heavy atom. The van der Waals surface area contributed by atoms with Crippen LogP contribution in [0.3, 0.4) is 0 Å². The molecule has 1 saturated heterocycles. The zero-order valence-electron chi connectivity index (χ0n) is 10.2. The summed E-state index contributed by atoms with van der Waals surface area (Å²) in [6.07, 6.45) is 5.79. The lowest BCUT2D eigenvalue weighted by atomic mass is 9.67. The minimum atomic E-state index is -0.600. The van der Waals surface area contributed by atoms with Crippen molar-refractivity contribution < 1.29 is 5.11 Å². The first-order valence-corrected chi connectivity index (χ1v) is 6.82. The zero-order chi connectivity index (χ0) is 11.7. The first kappa shape index (κ1) is 11.2. The van der Waals surface area contributed by atoms with Gasteiger partial charge < -0.3 is 10.4 Å². The molecule has 2 nitrogen and oxygen atoms in total. The summed E-state index contributed by atoms with van der Waals surface area (Å²) in [5.74, 6) is 0.396. The van der Waals surface area contributed by atoms with Crippen LogP contribution in [-0.2, 0) is 5.60 Å². The molecule has 1 saturated carbocycles. The molecule has 92 valence electrons. The SMILES string of the molecule is O[C@@]1(c2ccccc2)CCN[C@@H]2CCCC[C@@H]21. The third-order valence-electron chi connectivity index (χ3n) is 4.57. The third-order valence-corrected chi connectivity index (χ3v) is 4.57. The van der Waals surface area contributed by atoms with Gasteiger partial charge in [-0.1, -0.05) is 43.2 Å². The summed E-state index contributed by atoms with van der Waals surface area (Å²) in [6.45, 7) is 0.937. The maximum atomic E-state index is 11.1. The maximum absolute atomic E-state index is 11.1. The Morgan fingerprint density at radius 2 is 1.88 bits per heavy atom. The molecule has 1 aliphatic carbocycles. The van der Waals surface area contributed by atoms with Crippen molar-refractivity contribution in [3.63, 3.8) is 0 Å². The van der Waals surface area contributed by atoms with Crippen LogP contribution in [0.25, 0.3) is 0 Å². The average Bonchev–Trinajstić information content (AvgIpc) is 2.40. The van der Waals surface area contributed by atoms with Crippen LogP contribution in [0.4, 0.5) is 0 Å². The minimum Gasteiger partial charge on any atom is -0.385 e. The summed E-state index contributed by atoms with van der Waals surface area (Å²) in [5, 5.41) is 14.7. The van der Waals surface area contributed by atoms with Crippen molar-refractivity contribution in [2.75, 3.05) is 6.54 Å². The molecule has 0 spiro atoms. The molecule has 1 aromatic carbocycles. The molecule has 2 fully saturated rings. The predicted molar refractivity (Wildman–Crippen MR) is 68.7 cm³/mol. The van der Waals surface area contributed by atoms with E-state index in [1.165, 1.54) is 19.3 Å². The first-order chi connectivity index (χ1) is 8.31. The molecule has 2 aliphatic rings. The van der Waals surface area contributed by atoms with Crippen LogP contribution in [0.15, 0.2) is 30.3 Å². The minimum absolute atomic E-state index is 0.396. The first-order valence-electron chi connectivity index (χ1n) is 6.82. The van der Waals surface area contributed by atoms with Gasteiger partial charge in [-0.15, -0.1) is 0 Å². The highest BCUT2D eigenvalue weighted by Crippen LogP contribution is 2.43. The number of piperidine rings is 1. The Kier molecular flexibility index (Phi) is 2.93. The smallest absolute Gasteiger partial charge is 0.0951 e. The highest BCUT2D eigenvalue weighted by Gasteiger charge is 2.45. The van der Waals surface area contributed by atoms with Crippen molar-refractivity contribution in [2.24, 2.45) is 5.92 Å². The third kappa shape index (κ3) is 1.90. The van der Waals surface area contributed by atoms with Crippen molar-refractivity contribution >= 4 is 0 Å².